The summed E-state index contributed by atoms with van der Waals surface area (Å²) in [4.78, 5) is 0.365. The zero-order chi connectivity index (χ0) is 13.4. The van der Waals surface area contributed by atoms with Crippen molar-refractivity contribution >= 4 is 10.0 Å². The Bertz CT molecular complexity index is 542. The highest BCUT2D eigenvalue weighted by Gasteiger charge is 2.43. The van der Waals surface area contributed by atoms with Crippen LogP contribution in [0.25, 0.3) is 0 Å². The third-order valence-electron chi connectivity index (χ3n) is 3.70. The van der Waals surface area contributed by atoms with Gasteiger partial charge >= 0.3 is 0 Å². The van der Waals surface area contributed by atoms with E-state index in [2.05, 4.69) is 0 Å². The molecule has 0 bridgehead atoms. The van der Waals surface area contributed by atoms with Crippen LogP contribution in [-0.2, 0) is 10.0 Å². The summed E-state index contributed by atoms with van der Waals surface area (Å²) in [6.45, 7) is 4.74. The van der Waals surface area contributed by atoms with Crippen LogP contribution in [0.4, 0.5) is 0 Å². The Kier molecular flexibility index (Phi) is 3.49. The fourth-order valence-electron chi connectivity index (χ4n) is 2.52. The number of aryl methyl sites for hydroxylation is 1. The minimum absolute atomic E-state index is 0.359. The summed E-state index contributed by atoms with van der Waals surface area (Å²) in [5, 5.41) is 0. The molecule has 18 heavy (non-hydrogen) atoms. The molecule has 1 aromatic carbocycles. The van der Waals surface area contributed by atoms with Crippen molar-refractivity contribution in [2.45, 2.75) is 37.1 Å². The first kappa shape index (κ1) is 13.5. The predicted molar refractivity (Wildman–Crippen MR) is 71.8 cm³/mol. The van der Waals surface area contributed by atoms with Gasteiger partial charge < -0.3 is 5.73 Å². The number of benzene rings is 1. The largest absolute Gasteiger partial charge is 0.329 e. The SMILES string of the molecule is Cc1cccc(S(=O)(=O)N2CCCC2(C)CN)c1. The maximum absolute atomic E-state index is 12.6. The van der Waals surface area contributed by atoms with Crippen molar-refractivity contribution < 1.29 is 8.42 Å². The van der Waals surface area contributed by atoms with Crippen molar-refractivity contribution in [2.24, 2.45) is 5.73 Å². The third kappa shape index (κ3) is 2.18. The lowest BCUT2D eigenvalue weighted by Crippen LogP contribution is -2.49. The molecule has 0 radical (unpaired) electrons. The first-order valence-electron chi connectivity index (χ1n) is 6.20. The number of nitrogens with two attached hydrogens (primary N) is 1. The number of rotatable bonds is 3. The minimum Gasteiger partial charge on any atom is -0.329 e. The van der Waals surface area contributed by atoms with E-state index >= 15 is 0 Å². The molecule has 0 spiro atoms. The smallest absolute Gasteiger partial charge is 0.243 e. The van der Waals surface area contributed by atoms with Crippen LogP contribution in [0.1, 0.15) is 25.3 Å². The molecule has 1 heterocycles. The van der Waals surface area contributed by atoms with Crippen molar-refractivity contribution in [1.82, 2.24) is 4.31 Å². The standard InChI is InChI=1S/C13H20N2O2S/c1-11-5-3-6-12(9-11)18(16,17)15-8-4-7-13(15,2)10-14/h3,5-6,9H,4,7-8,10,14H2,1-2H3. The van der Waals surface area contributed by atoms with E-state index in [1.807, 2.05) is 19.9 Å². The van der Waals surface area contributed by atoms with Gasteiger partial charge in [0, 0.05) is 18.6 Å². The van der Waals surface area contributed by atoms with Gasteiger partial charge in [-0.1, -0.05) is 12.1 Å². The lowest BCUT2D eigenvalue weighted by molar-refractivity contribution is 0.274. The monoisotopic (exact) mass is 268 g/mol. The first-order valence-corrected chi connectivity index (χ1v) is 7.64. The Hall–Kier alpha value is -0.910. The van der Waals surface area contributed by atoms with Crippen LogP contribution in [0, 0.1) is 6.92 Å². The second kappa shape index (κ2) is 4.64. The van der Waals surface area contributed by atoms with Gasteiger partial charge in [-0.3, -0.25) is 0 Å². The molecule has 1 unspecified atom stereocenters. The van der Waals surface area contributed by atoms with Crippen LogP contribution in [0.3, 0.4) is 0 Å². The average molecular weight is 268 g/mol. The van der Waals surface area contributed by atoms with Crippen molar-refractivity contribution in [3.63, 3.8) is 0 Å². The lowest BCUT2D eigenvalue weighted by atomic mass is 10.0. The Balaban J connectivity index is 2.43. The van der Waals surface area contributed by atoms with E-state index in [1.165, 1.54) is 0 Å². The highest BCUT2D eigenvalue weighted by atomic mass is 32.2. The Morgan fingerprint density at radius 1 is 1.44 bits per heavy atom. The van der Waals surface area contributed by atoms with Gasteiger partial charge in [0.25, 0.3) is 0 Å². The van der Waals surface area contributed by atoms with Crippen molar-refractivity contribution in [3.8, 4) is 0 Å². The summed E-state index contributed by atoms with van der Waals surface area (Å²) < 4.78 is 26.8. The molecule has 1 saturated heterocycles. The summed E-state index contributed by atoms with van der Waals surface area (Å²) in [6, 6.07) is 7.03. The van der Waals surface area contributed by atoms with Gasteiger partial charge in [-0.05, 0) is 44.4 Å². The maximum atomic E-state index is 12.6. The highest BCUT2D eigenvalue weighted by Crippen LogP contribution is 2.33. The van der Waals surface area contributed by atoms with E-state index in [9.17, 15) is 8.42 Å². The molecule has 100 valence electrons. The van der Waals surface area contributed by atoms with Crippen LogP contribution in [0.5, 0.6) is 0 Å². The maximum Gasteiger partial charge on any atom is 0.243 e. The molecule has 1 aromatic rings. The number of hydrogen-bond acceptors (Lipinski definition) is 3. The lowest BCUT2D eigenvalue weighted by Gasteiger charge is -2.33. The third-order valence-corrected chi connectivity index (χ3v) is 5.75. The van der Waals surface area contributed by atoms with E-state index in [0.717, 1.165) is 18.4 Å². The van der Waals surface area contributed by atoms with E-state index in [4.69, 9.17) is 5.73 Å². The van der Waals surface area contributed by atoms with Gasteiger partial charge in [-0.25, -0.2) is 8.42 Å². The van der Waals surface area contributed by atoms with Crippen LogP contribution < -0.4 is 5.73 Å². The molecule has 5 heteroatoms. The van der Waals surface area contributed by atoms with E-state index < -0.39 is 15.6 Å². The van der Waals surface area contributed by atoms with Gasteiger partial charge in [0.1, 0.15) is 0 Å². The van der Waals surface area contributed by atoms with Crippen LogP contribution in [0.15, 0.2) is 29.2 Å². The Labute approximate surface area is 109 Å². The molecule has 2 N–H and O–H groups in total. The summed E-state index contributed by atoms with van der Waals surface area (Å²) >= 11 is 0. The molecular formula is C13H20N2O2S. The average Bonchev–Trinajstić information content (AvgIpc) is 2.73. The fraction of sp³-hybridized carbons (Fsp3) is 0.538. The molecule has 4 nitrogen and oxygen atoms in total. The van der Waals surface area contributed by atoms with Crippen molar-refractivity contribution in [3.05, 3.63) is 29.8 Å². The van der Waals surface area contributed by atoms with Crippen LogP contribution >= 0.6 is 0 Å². The number of hydrogen-bond donors (Lipinski definition) is 1. The Morgan fingerprint density at radius 3 is 2.78 bits per heavy atom. The molecule has 1 aliphatic heterocycles. The zero-order valence-corrected chi connectivity index (χ0v) is 11.7. The van der Waals surface area contributed by atoms with Crippen LogP contribution in [0.2, 0.25) is 0 Å². The predicted octanol–water partition coefficient (Wildman–Crippen LogP) is 1.50. The quantitative estimate of drug-likeness (QED) is 0.903. The van der Waals surface area contributed by atoms with Gasteiger partial charge in [-0.15, -0.1) is 0 Å². The molecule has 0 saturated carbocycles. The van der Waals surface area contributed by atoms with Crippen LogP contribution in [-0.4, -0.2) is 31.4 Å². The normalized spacial score (nSPS) is 25.5. The molecule has 0 aliphatic carbocycles. The fourth-order valence-corrected chi connectivity index (χ4v) is 4.47. The molecule has 1 atom stereocenters. The van der Waals surface area contributed by atoms with Crippen molar-refractivity contribution in [2.75, 3.05) is 13.1 Å². The van der Waals surface area contributed by atoms with Gasteiger partial charge in [0.05, 0.1) is 4.90 Å². The Morgan fingerprint density at radius 2 is 2.17 bits per heavy atom. The molecular weight excluding hydrogens is 248 g/mol. The topological polar surface area (TPSA) is 63.4 Å². The minimum atomic E-state index is -3.43. The highest BCUT2D eigenvalue weighted by molar-refractivity contribution is 7.89. The molecule has 0 amide bonds. The number of sulfonamides is 1. The van der Waals surface area contributed by atoms with Gasteiger partial charge in [0.15, 0.2) is 0 Å². The molecule has 2 rings (SSSR count). The summed E-state index contributed by atoms with van der Waals surface area (Å²) in [7, 11) is -3.43. The summed E-state index contributed by atoms with van der Waals surface area (Å²) in [5.74, 6) is 0. The van der Waals surface area contributed by atoms with Gasteiger partial charge in [0.2, 0.25) is 10.0 Å². The van der Waals surface area contributed by atoms with Crippen molar-refractivity contribution in [1.29, 1.82) is 0 Å². The second-order valence-corrected chi connectivity index (χ2v) is 7.06. The summed E-state index contributed by atoms with van der Waals surface area (Å²) in [5.41, 5.74) is 6.26. The molecule has 0 aromatic heterocycles. The zero-order valence-electron chi connectivity index (χ0n) is 10.9. The second-order valence-electron chi connectivity index (χ2n) is 5.20. The summed E-state index contributed by atoms with van der Waals surface area (Å²) in [6.07, 6.45) is 1.70. The first-order chi connectivity index (χ1) is 8.40. The van der Waals surface area contributed by atoms with E-state index in [1.54, 1.807) is 22.5 Å². The van der Waals surface area contributed by atoms with Gasteiger partial charge in [-0.2, -0.15) is 4.31 Å². The van der Waals surface area contributed by atoms with E-state index in [0.29, 0.717) is 18.0 Å². The van der Waals surface area contributed by atoms with E-state index in [-0.39, 0.29) is 0 Å². The molecule has 1 aliphatic rings. The molecule has 1 fully saturated rings. The number of nitrogens with zero attached hydrogens (tertiary/aromatic N) is 1.